The largest absolute Gasteiger partial charge is 1.00 e. The van der Waals surface area contributed by atoms with Crippen LogP contribution in [0.1, 0.15) is 1.43 Å². The molecule has 0 aliphatic rings. The van der Waals surface area contributed by atoms with Crippen LogP contribution in [-0.4, -0.2) is 28.2 Å². The Morgan fingerprint density at radius 3 is 1.00 bits per heavy atom. The van der Waals surface area contributed by atoms with Crippen molar-refractivity contribution in [3.8, 4) is 0 Å². The van der Waals surface area contributed by atoms with Crippen molar-refractivity contribution in [1.82, 2.24) is 0 Å². The summed E-state index contributed by atoms with van der Waals surface area (Å²) in [6.45, 7) is 0. The Labute approximate surface area is 107 Å². The van der Waals surface area contributed by atoms with E-state index in [1.807, 2.05) is 0 Å². The van der Waals surface area contributed by atoms with Crippen LogP contribution >= 0.6 is 0 Å². The van der Waals surface area contributed by atoms with Gasteiger partial charge in [0.2, 0.25) is 0 Å². The third-order valence-corrected chi connectivity index (χ3v) is 0. The smallest absolute Gasteiger partial charge is 1.00 e. The molecule has 0 aromatic heterocycles. The maximum Gasteiger partial charge on any atom is 1.00 e. The van der Waals surface area contributed by atoms with Crippen LogP contribution in [0.4, 0.5) is 0 Å². The van der Waals surface area contributed by atoms with Gasteiger partial charge in [-0.1, -0.05) is 0 Å². The van der Waals surface area contributed by atoms with Crippen molar-refractivity contribution in [2.24, 2.45) is 0 Å². The van der Waals surface area contributed by atoms with E-state index in [9.17, 15) is 0 Å². The molecule has 7 heteroatoms. The van der Waals surface area contributed by atoms with E-state index in [2.05, 4.69) is 0 Å². The van der Waals surface area contributed by atoms with E-state index < -0.39 is 9.05 Å². The minimum absolute atomic E-state index is 0. The predicted octanol–water partition coefficient (Wildman–Crippen LogP) is -5.49. The first-order valence-electron chi connectivity index (χ1n) is 0.894. The van der Waals surface area contributed by atoms with Gasteiger partial charge in [0.15, 0.2) is 0 Å². The monoisotopic (exact) mass is 230 g/mol. The molecule has 0 rings (SSSR count). The molecule has 0 saturated carbocycles. The van der Waals surface area contributed by atoms with E-state index in [0.717, 1.165) is 0 Å². The summed E-state index contributed by atoms with van der Waals surface area (Å²) >= 11 is 0. The van der Waals surface area contributed by atoms with Crippen molar-refractivity contribution in [3.05, 3.63) is 0 Å². The number of hydrogen-bond donors (Lipinski definition) is 4. The predicted molar refractivity (Wildman–Crippen MR) is 15.7 cm³/mol. The molecule has 0 aliphatic heterocycles. The molecule has 0 amide bonds. The average Bonchev–Trinajstić information content (AvgIpc) is 0.722. The van der Waals surface area contributed by atoms with Gasteiger partial charge in [-0.3, -0.25) is 0 Å². The van der Waals surface area contributed by atoms with Crippen molar-refractivity contribution in [1.29, 1.82) is 0 Å². The van der Waals surface area contributed by atoms with Crippen molar-refractivity contribution in [2.75, 3.05) is 0 Å². The van der Waals surface area contributed by atoms with Gasteiger partial charge >= 0.3 is 67.2 Å². The molecule has 0 fully saturated rings. The van der Waals surface area contributed by atoms with Crippen LogP contribution in [0.25, 0.3) is 0 Å². The first kappa shape index (κ1) is 16.3. The molecule has 0 unspecified atom stereocenters. The van der Waals surface area contributed by atoms with Gasteiger partial charge in [0.25, 0.3) is 0 Å². The molecule has 7 heavy (non-hydrogen) atoms. The van der Waals surface area contributed by atoms with E-state index in [-0.39, 0.29) is 81.3 Å². The summed E-state index contributed by atoms with van der Waals surface area (Å²) in [6, 6.07) is 0. The van der Waals surface area contributed by atoms with Crippen molar-refractivity contribution in [2.45, 2.75) is 0 Å². The zero-order chi connectivity index (χ0) is 4.50. The summed E-state index contributed by atoms with van der Waals surface area (Å²) in [6.07, 6.45) is 0. The molecule has 0 radical (unpaired) electrons. The Bertz CT molecular complexity index is 31.5. The summed E-state index contributed by atoms with van der Waals surface area (Å²) < 4.78 is 0. The van der Waals surface area contributed by atoms with Gasteiger partial charge in [-0.05, 0) is 0 Å². The van der Waals surface area contributed by atoms with Gasteiger partial charge in [0, 0.05) is 21.7 Å². The molecule has 0 saturated heterocycles. The molecule has 0 aromatic carbocycles. The fraction of sp³-hybridized carbons (Fsp3) is 0. The zero-order valence-corrected chi connectivity index (χ0v) is 11.3. The van der Waals surface area contributed by atoms with E-state index in [0.29, 0.717) is 0 Å². The van der Waals surface area contributed by atoms with Crippen LogP contribution in [0.2, 0.25) is 0 Å². The van der Waals surface area contributed by atoms with Crippen LogP contribution in [-0.2, 0) is 21.7 Å². The summed E-state index contributed by atoms with van der Waals surface area (Å²) in [5, 5.41) is 0. The quantitative estimate of drug-likeness (QED) is 0.313. The third kappa shape index (κ3) is 55.9. The standard InChI is InChI=1S/H4O4Si.Rb.Ti.H/c1-5(2,3)4;;;/h1-4H;;;/q;+1;;-1. The summed E-state index contributed by atoms with van der Waals surface area (Å²) in [7, 11) is -4.61. The molecule has 38 valence electrons. The Hall–Kier alpha value is 2.58. The summed E-state index contributed by atoms with van der Waals surface area (Å²) in [5.41, 5.74) is 0. The van der Waals surface area contributed by atoms with Gasteiger partial charge in [-0.15, -0.1) is 0 Å². The van der Waals surface area contributed by atoms with Crippen molar-refractivity contribution in [3.63, 3.8) is 0 Å². The molecule has 0 heterocycles. The maximum absolute atomic E-state index is 7.33. The van der Waals surface area contributed by atoms with Crippen LogP contribution in [0, 0.1) is 0 Å². The number of rotatable bonds is 0. The normalized spacial score (nSPS) is 8.57. The van der Waals surface area contributed by atoms with E-state index in [1.165, 1.54) is 0 Å². The second-order valence-electron chi connectivity index (χ2n) is 0.600. The second-order valence-corrected chi connectivity index (χ2v) is 1.80. The van der Waals surface area contributed by atoms with Gasteiger partial charge in [-0.25, -0.2) is 0 Å². The molecule has 0 aromatic rings. The maximum atomic E-state index is 7.33. The minimum atomic E-state index is -4.61. The van der Waals surface area contributed by atoms with Gasteiger partial charge < -0.3 is 20.6 Å². The third-order valence-electron chi connectivity index (χ3n) is 0. The average molecular weight is 230 g/mol. The van der Waals surface area contributed by atoms with Gasteiger partial charge in [-0.2, -0.15) is 0 Å². The molecular formula is H5O4RbSiTi. The molecular weight excluding hydrogens is 225 g/mol. The molecule has 4 N–H and O–H groups in total. The first-order chi connectivity index (χ1) is 2.00. The van der Waals surface area contributed by atoms with E-state index in [4.69, 9.17) is 19.2 Å². The van der Waals surface area contributed by atoms with Gasteiger partial charge in [0.05, 0.1) is 0 Å². The zero-order valence-electron chi connectivity index (χ0n) is 4.79. The Kier molecular flexibility index (Phi) is 15.6. The summed E-state index contributed by atoms with van der Waals surface area (Å²) in [4.78, 5) is 29.3. The SMILES string of the molecule is O[Si](O)(O)O.[H-].[Rb+].[Ti]. The fourth-order valence-electron chi connectivity index (χ4n) is 0. The van der Waals surface area contributed by atoms with E-state index in [1.54, 1.807) is 0 Å². The molecule has 0 aliphatic carbocycles. The van der Waals surface area contributed by atoms with Crippen LogP contribution in [0.3, 0.4) is 0 Å². The Morgan fingerprint density at radius 1 is 1.00 bits per heavy atom. The van der Waals surface area contributed by atoms with Crippen molar-refractivity contribution >= 4 is 9.05 Å². The van der Waals surface area contributed by atoms with Crippen LogP contribution < -0.4 is 58.2 Å². The second kappa shape index (κ2) is 6.69. The minimum Gasteiger partial charge on any atom is -1.00 e. The molecule has 4 nitrogen and oxygen atoms in total. The van der Waals surface area contributed by atoms with E-state index >= 15 is 0 Å². The first-order valence-corrected chi connectivity index (χ1v) is 2.68. The number of hydrogen-bond acceptors (Lipinski definition) is 4. The van der Waals surface area contributed by atoms with Gasteiger partial charge in [0.1, 0.15) is 0 Å². The van der Waals surface area contributed by atoms with Crippen LogP contribution in [0.15, 0.2) is 0 Å². The Morgan fingerprint density at radius 2 is 1.00 bits per heavy atom. The molecule has 0 atom stereocenters. The van der Waals surface area contributed by atoms with Crippen molar-refractivity contribution < 1.29 is 101 Å². The molecule has 0 spiro atoms. The topological polar surface area (TPSA) is 80.9 Å². The Balaban J connectivity index is -0.0000000267. The van der Waals surface area contributed by atoms with Crippen LogP contribution in [0.5, 0.6) is 0 Å². The summed E-state index contributed by atoms with van der Waals surface area (Å²) in [5.74, 6) is 0. The fourth-order valence-corrected chi connectivity index (χ4v) is 0. The molecule has 0 bridgehead atoms.